The smallest absolute Gasteiger partial charge is 0.330 e. The maximum Gasteiger partial charge on any atom is 0.416 e. The fourth-order valence-corrected chi connectivity index (χ4v) is 1.37. The summed E-state index contributed by atoms with van der Waals surface area (Å²) in [6, 6.07) is 2.44. The predicted molar refractivity (Wildman–Crippen MR) is 60.8 cm³/mol. The van der Waals surface area contributed by atoms with Crippen LogP contribution in [0.25, 0.3) is 6.08 Å². The second kappa shape index (κ2) is 5.63. The summed E-state index contributed by atoms with van der Waals surface area (Å²) >= 11 is 0. The van der Waals surface area contributed by atoms with Crippen LogP contribution in [0.3, 0.4) is 0 Å². The number of nitrogens with zero attached hydrogens (tertiary/aromatic N) is 1. The summed E-state index contributed by atoms with van der Waals surface area (Å²) in [4.78, 5) is 9.79. The molecule has 0 amide bonds. The first kappa shape index (κ1) is 14.2. The van der Waals surface area contributed by atoms with Crippen LogP contribution < -0.4 is 5.73 Å². The third kappa shape index (κ3) is 3.56. The molecule has 0 spiro atoms. The highest BCUT2D eigenvalue weighted by atomic mass is 19.4. The van der Waals surface area contributed by atoms with Crippen molar-refractivity contribution in [1.82, 2.24) is 0 Å². The number of rotatable bonds is 4. The molecule has 0 heterocycles. The van der Waals surface area contributed by atoms with E-state index in [0.717, 1.165) is 12.1 Å². The van der Waals surface area contributed by atoms with Gasteiger partial charge in [0.1, 0.15) is 0 Å². The lowest BCUT2D eigenvalue weighted by atomic mass is 10.1. The van der Waals surface area contributed by atoms with E-state index in [0.29, 0.717) is 19.0 Å². The van der Waals surface area contributed by atoms with E-state index >= 15 is 0 Å². The summed E-state index contributed by atoms with van der Waals surface area (Å²) in [5.41, 5.74) is 3.70. The van der Waals surface area contributed by atoms with Crippen LogP contribution in [0.5, 0.6) is 0 Å². The third-order valence-electron chi connectivity index (χ3n) is 2.18. The highest BCUT2D eigenvalue weighted by Crippen LogP contribution is 2.34. The summed E-state index contributed by atoms with van der Waals surface area (Å²) in [6.45, 7) is 0.298. The lowest BCUT2D eigenvalue weighted by Crippen LogP contribution is -2.07. The van der Waals surface area contributed by atoms with Crippen molar-refractivity contribution in [1.29, 1.82) is 0 Å². The van der Waals surface area contributed by atoms with E-state index in [-0.39, 0.29) is 11.3 Å². The van der Waals surface area contributed by atoms with Gasteiger partial charge in [-0.25, -0.2) is 0 Å². The Balaban J connectivity index is 3.22. The number of nitrogens with two attached hydrogens (primary N) is 1. The van der Waals surface area contributed by atoms with Crippen LogP contribution in [0.15, 0.2) is 24.3 Å². The molecule has 7 heteroatoms. The largest absolute Gasteiger partial charge is 0.416 e. The highest BCUT2D eigenvalue weighted by molar-refractivity contribution is 5.58. The molecule has 1 rings (SSSR count). The summed E-state index contributed by atoms with van der Waals surface area (Å²) in [6.07, 6.45) is -1.49. The Labute approximate surface area is 101 Å². The van der Waals surface area contributed by atoms with Gasteiger partial charge in [0.2, 0.25) is 0 Å². The number of nitro benzene ring substituents is 1. The normalized spacial score (nSPS) is 12.0. The van der Waals surface area contributed by atoms with Crippen LogP contribution in [0, 0.1) is 10.1 Å². The van der Waals surface area contributed by atoms with E-state index in [2.05, 4.69) is 0 Å². The number of non-ortho nitro benzene ring substituents is 1. The average Bonchev–Trinajstić information content (AvgIpc) is 2.27. The molecule has 0 aliphatic rings. The van der Waals surface area contributed by atoms with Gasteiger partial charge in [0.15, 0.2) is 0 Å². The van der Waals surface area contributed by atoms with Gasteiger partial charge in [0.25, 0.3) is 5.69 Å². The summed E-state index contributed by atoms with van der Waals surface area (Å²) in [5, 5.41) is 10.5. The summed E-state index contributed by atoms with van der Waals surface area (Å²) in [7, 11) is 0. The van der Waals surface area contributed by atoms with Gasteiger partial charge in [-0.3, -0.25) is 10.1 Å². The standard InChI is InChI=1S/C11H11F3N2O2/c12-11(13,14)10-5-4-9(16(17)18)7-8(10)3-1-2-6-15/h1,3-5,7H,2,6,15H2. The minimum Gasteiger partial charge on any atom is -0.330 e. The van der Waals surface area contributed by atoms with Gasteiger partial charge >= 0.3 is 6.18 Å². The fraction of sp³-hybridized carbons (Fsp3) is 0.273. The van der Waals surface area contributed by atoms with Gasteiger partial charge in [0, 0.05) is 12.1 Å². The van der Waals surface area contributed by atoms with Crippen molar-refractivity contribution in [3.8, 4) is 0 Å². The molecular weight excluding hydrogens is 249 g/mol. The van der Waals surface area contributed by atoms with Gasteiger partial charge in [0.05, 0.1) is 10.5 Å². The second-order valence-corrected chi connectivity index (χ2v) is 3.51. The lowest BCUT2D eigenvalue weighted by molar-refractivity contribution is -0.384. The SMILES string of the molecule is NCCC=Cc1cc([N+](=O)[O-])ccc1C(F)(F)F. The molecule has 4 nitrogen and oxygen atoms in total. The molecule has 0 bridgehead atoms. The Morgan fingerprint density at radius 1 is 1.39 bits per heavy atom. The van der Waals surface area contributed by atoms with Crippen LogP contribution >= 0.6 is 0 Å². The molecule has 98 valence electrons. The van der Waals surface area contributed by atoms with Gasteiger partial charge in [-0.2, -0.15) is 13.2 Å². The van der Waals surface area contributed by atoms with Crippen molar-refractivity contribution in [3.63, 3.8) is 0 Å². The molecule has 0 saturated carbocycles. The monoisotopic (exact) mass is 260 g/mol. The Hall–Kier alpha value is -1.89. The molecule has 0 saturated heterocycles. The molecule has 0 aliphatic heterocycles. The molecule has 0 aliphatic carbocycles. The van der Waals surface area contributed by atoms with Crippen LogP contribution in [0.4, 0.5) is 18.9 Å². The Bertz CT molecular complexity index is 470. The molecule has 18 heavy (non-hydrogen) atoms. The number of hydrogen-bond donors (Lipinski definition) is 1. The van der Waals surface area contributed by atoms with E-state index in [1.165, 1.54) is 12.2 Å². The van der Waals surface area contributed by atoms with E-state index < -0.39 is 16.7 Å². The predicted octanol–water partition coefficient (Wildman–Crippen LogP) is 2.98. The van der Waals surface area contributed by atoms with Crippen LogP contribution in [-0.4, -0.2) is 11.5 Å². The van der Waals surface area contributed by atoms with Gasteiger partial charge in [-0.1, -0.05) is 12.2 Å². The molecule has 0 radical (unpaired) electrons. The van der Waals surface area contributed by atoms with Crippen LogP contribution in [0.2, 0.25) is 0 Å². The lowest BCUT2D eigenvalue weighted by Gasteiger charge is -2.09. The first-order chi connectivity index (χ1) is 8.36. The van der Waals surface area contributed by atoms with E-state index in [1.807, 2.05) is 0 Å². The zero-order chi connectivity index (χ0) is 13.8. The third-order valence-corrected chi connectivity index (χ3v) is 2.18. The van der Waals surface area contributed by atoms with Gasteiger partial charge in [-0.15, -0.1) is 0 Å². The minimum atomic E-state index is -4.54. The minimum absolute atomic E-state index is 0.231. The Kier molecular flexibility index (Phi) is 4.43. The Morgan fingerprint density at radius 2 is 2.06 bits per heavy atom. The molecule has 1 aromatic carbocycles. The number of halogens is 3. The van der Waals surface area contributed by atoms with Crippen LogP contribution in [-0.2, 0) is 6.18 Å². The van der Waals surface area contributed by atoms with Crippen molar-refractivity contribution in [2.75, 3.05) is 6.54 Å². The fourth-order valence-electron chi connectivity index (χ4n) is 1.37. The van der Waals surface area contributed by atoms with Crippen molar-refractivity contribution < 1.29 is 18.1 Å². The number of nitro groups is 1. The molecule has 0 unspecified atom stereocenters. The van der Waals surface area contributed by atoms with E-state index in [4.69, 9.17) is 5.73 Å². The molecule has 0 atom stereocenters. The average molecular weight is 260 g/mol. The molecule has 2 N–H and O–H groups in total. The molecule has 0 aromatic heterocycles. The maximum atomic E-state index is 12.7. The Morgan fingerprint density at radius 3 is 2.56 bits per heavy atom. The summed E-state index contributed by atoms with van der Waals surface area (Å²) < 4.78 is 38.0. The topological polar surface area (TPSA) is 69.2 Å². The molecule has 1 aromatic rings. The van der Waals surface area contributed by atoms with Crippen molar-refractivity contribution >= 4 is 11.8 Å². The zero-order valence-corrected chi connectivity index (χ0v) is 9.28. The van der Waals surface area contributed by atoms with Crippen LogP contribution in [0.1, 0.15) is 17.5 Å². The molecular formula is C11H11F3N2O2. The zero-order valence-electron chi connectivity index (χ0n) is 9.28. The van der Waals surface area contributed by atoms with Gasteiger partial charge in [-0.05, 0) is 24.6 Å². The van der Waals surface area contributed by atoms with Crippen molar-refractivity contribution in [2.45, 2.75) is 12.6 Å². The highest BCUT2D eigenvalue weighted by Gasteiger charge is 2.33. The van der Waals surface area contributed by atoms with E-state index in [1.54, 1.807) is 0 Å². The number of hydrogen-bond acceptors (Lipinski definition) is 3. The number of alkyl halides is 3. The van der Waals surface area contributed by atoms with Gasteiger partial charge < -0.3 is 5.73 Å². The van der Waals surface area contributed by atoms with Crippen molar-refractivity contribution in [3.05, 3.63) is 45.5 Å². The molecule has 0 fully saturated rings. The second-order valence-electron chi connectivity index (χ2n) is 3.51. The maximum absolute atomic E-state index is 12.7. The number of benzene rings is 1. The quantitative estimate of drug-likeness (QED) is 0.668. The summed E-state index contributed by atoms with van der Waals surface area (Å²) in [5.74, 6) is 0. The first-order valence-electron chi connectivity index (χ1n) is 5.08. The van der Waals surface area contributed by atoms with E-state index in [9.17, 15) is 23.3 Å². The first-order valence-corrected chi connectivity index (χ1v) is 5.08. The van der Waals surface area contributed by atoms with Crippen molar-refractivity contribution in [2.24, 2.45) is 5.73 Å².